The molecule has 0 amide bonds. The highest BCUT2D eigenvalue weighted by Crippen LogP contribution is 2.47. The first kappa shape index (κ1) is 12.2. The van der Waals surface area contributed by atoms with Crippen LogP contribution in [0.5, 0.6) is 0 Å². The average Bonchev–Trinajstić information content (AvgIpc) is 2.81. The fourth-order valence-corrected chi connectivity index (χ4v) is 4.37. The van der Waals surface area contributed by atoms with E-state index < -0.39 is 12.0 Å². The molecule has 1 aromatic rings. The van der Waals surface area contributed by atoms with Gasteiger partial charge in [-0.3, -0.25) is 9.69 Å². The molecule has 1 atom stereocenters. The van der Waals surface area contributed by atoms with E-state index in [9.17, 15) is 9.90 Å². The molecule has 3 nitrogen and oxygen atoms in total. The van der Waals surface area contributed by atoms with E-state index in [1.807, 2.05) is 17.5 Å². The average molecular weight is 265 g/mol. The second kappa shape index (κ2) is 4.67. The maximum absolute atomic E-state index is 11.5. The molecule has 1 aliphatic carbocycles. The number of nitrogens with zero attached hydrogens (tertiary/aromatic N) is 1. The Bertz CT molecular complexity index is 415. The maximum atomic E-state index is 11.5. The highest BCUT2D eigenvalue weighted by atomic mass is 32.1. The number of aliphatic carboxylic acids is 1. The second-order valence-corrected chi connectivity index (χ2v) is 6.70. The normalized spacial score (nSPS) is 24.7. The summed E-state index contributed by atoms with van der Waals surface area (Å²) in [4.78, 5) is 14.6. The summed E-state index contributed by atoms with van der Waals surface area (Å²) >= 11 is 1.55. The third-order valence-corrected chi connectivity index (χ3v) is 5.33. The molecule has 1 saturated carbocycles. The molecular weight excluding hydrogens is 246 g/mol. The summed E-state index contributed by atoms with van der Waals surface area (Å²) in [5, 5.41) is 11.4. The lowest BCUT2D eigenvalue weighted by molar-refractivity contribution is -0.151. The lowest BCUT2D eigenvalue weighted by Gasteiger charge is -2.54. The highest BCUT2D eigenvalue weighted by molar-refractivity contribution is 7.10. The molecule has 1 unspecified atom stereocenters. The van der Waals surface area contributed by atoms with E-state index in [2.05, 4.69) is 4.90 Å². The van der Waals surface area contributed by atoms with Gasteiger partial charge in [-0.2, -0.15) is 0 Å². The quantitative estimate of drug-likeness (QED) is 0.912. The van der Waals surface area contributed by atoms with Crippen LogP contribution in [-0.4, -0.2) is 29.1 Å². The Morgan fingerprint density at radius 2 is 2.06 bits per heavy atom. The first-order chi connectivity index (χ1) is 8.70. The van der Waals surface area contributed by atoms with Gasteiger partial charge in [0.1, 0.15) is 6.04 Å². The van der Waals surface area contributed by atoms with E-state index in [0.717, 1.165) is 18.0 Å². The van der Waals surface area contributed by atoms with Crippen LogP contribution in [0.4, 0.5) is 0 Å². The van der Waals surface area contributed by atoms with Gasteiger partial charge in [-0.15, -0.1) is 11.3 Å². The Morgan fingerprint density at radius 3 is 2.61 bits per heavy atom. The number of carboxylic acids is 1. The first-order valence-corrected chi connectivity index (χ1v) is 7.58. The zero-order valence-corrected chi connectivity index (χ0v) is 11.3. The summed E-state index contributed by atoms with van der Waals surface area (Å²) in [7, 11) is 0. The van der Waals surface area contributed by atoms with Gasteiger partial charge in [-0.05, 0) is 29.7 Å². The summed E-state index contributed by atoms with van der Waals surface area (Å²) in [5.41, 5.74) is 0.448. The molecule has 4 heteroatoms. The molecule has 2 fully saturated rings. The molecule has 1 spiro atoms. The van der Waals surface area contributed by atoms with Gasteiger partial charge < -0.3 is 5.11 Å². The number of carbonyl (C=O) groups is 1. The summed E-state index contributed by atoms with van der Waals surface area (Å²) in [5.74, 6) is -0.705. The van der Waals surface area contributed by atoms with Crippen LogP contribution in [0, 0.1) is 5.41 Å². The molecule has 3 rings (SSSR count). The molecule has 18 heavy (non-hydrogen) atoms. The molecule has 1 N–H and O–H groups in total. The predicted molar refractivity (Wildman–Crippen MR) is 71.8 cm³/mol. The standard InChI is InChI=1S/C14H19NO2S/c16-13(17)12(11-5-4-8-18-11)15-9-14(10-15)6-2-1-3-7-14/h4-5,8,12H,1-3,6-7,9-10H2,(H,16,17). The van der Waals surface area contributed by atoms with Gasteiger partial charge in [0.25, 0.3) is 0 Å². The van der Waals surface area contributed by atoms with Gasteiger partial charge in [0.05, 0.1) is 0 Å². The molecule has 98 valence electrons. The molecule has 2 aliphatic rings. The molecule has 1 aliphatic heterocycles. The van der Waals surface area contributed by atoms with E-state index in [1.165, 1.54) is 32.1 Å². The second-order valence-electron chi connectivity index (χ2n) is 5.72. The minimum atomic E-state index is -0.705. The van der Waals surface area contributed by atoms with Crippen molar-refractivity contribution in [3.8, 4) is 0 Å². The van der Waals surface area contributed by atoms with Crippen LogP contribution in [-0.2, 0) is 4.79 Å². The van der Waals surface area contributed by atoms with Gasteiger partial charge in [0.15, 0.2) is 0 Å². The zero-order valence-electron chi connectivity index (χ0n) is 10.5. The summed E-state index contributed by atoms with van der Waals surface area (Å²) in [6, 6.07) is 3.46. The van der Waals surface area contributed by atoms with Gasteiger partial charge in [0.2, 0.25) is 0 Å². The lowest BCUT2D eigenvalue weighted by atomic mass is 9.68. The lowest BCUT2D eigenvalue weighted by Crippen LogP contribution is -2.59. The molecule has 0 radical (unpaired) electrons. The van der Waals surface area contributed by atoms with Crippen molar-refractivity contribution in [1.82, 2.24) is 4.90 Å². The number of thiophene rings is 1. The van der Waals surface area contributed by atoms with E-state index >= 15 is 0 Å². The van der Waals surface area contributed by atoms with Crippen LogP contribution in [0.1, 0.15) is 43.0 Å². The van der Waals surface area contributed by atoms with Crippen molar-refractivity contribution in [2.75, 3.05) is 13.1 Å². The Hall–Kier alpha value is -0.870. The molecule has 0 aromatic carbocycles. The maximum Gasteiger partial charge on any atom is 0.326 e. The largest absolute Gasteiger partial charge is 0.480 e. The summed E-state index contributed by atoms with van der Waals surface area (Å²) in [6.45, 7) is 1.95. The van der Waals surface area contributed by atoms with Crippen molar-refractivity contribution in [3.05, 3.63) is 22.4 Å². The van der Waals surface area contributed by atoms with Crippen molar-refractivity contribution in [3.63, 3.8) is 0 Å². The SMILES string of the molecule is O=C(O)C(c1cccs1)N1CC2(CCCCC2)C1. The predicted octanol–water partition coefficient (Wildman–Crippen LogP) is 3.14. The number of likely N-dealkylation sites (tertiary alicyclic amines) is 1. The minimum absolute atomic E-state index is 0.419. The van der Waals surface area contributed by atoms with E-state index in [0.29, 0.717) is 5.41 Å². The number of hydrogen-bond acceptors (Lipinski definition) is 3. The molecule has 1 aromatic heterocycles. The van der Waals surface area contributed by atoms with Crippen LogP contribution >= 0.6 is 11.3 Å². The van der Waals surface area contributed by atoms with Crippen LogP contribution in [0.3, 0.4) is 0 Å². The minimum Gasteiger partial charge on any atom is -0.480 e. The first-order valence-electron chi connectivity index (χ1n) is 6.71. The molecule has 0 bridgehead atoms. The van der Waals surface area contributed by atoms with Gasteiger partial charge in [-0.25, -0.2) is 0 Å². The van der Waals surface area contributed by atoms with Crippen LogP contribution in [0.25, 0.3) is 0 Å². The monoisotopic (exact) mass is 265 g/mol. The number of carboxylic acid groups (broad SMARTS) is 1. The fraction of sp³-hybridized carbons (Fsp3) is 0.643. The van der Waals surface area contributed by atoms with Crippen molar-refractivity contribution in [2.45, 2.75) is 38.1 Å². The smallest absolute Gasteiger partial charge is 0.326 e. The van der Waals surface area contributed by atoms with Crippen molar-refractivity contribution >= 4 is 17.3 Å². The van der Waals surface area contributed by atoms with Crippen LogP contribution in [0.2, 0.25) is 0 Å². The van der Waals surface area contributed by atoms with E-state index in [4.69, 9.17) is 0 Å². The van der Waals surface area contributed by atoms with Gasteiger partial charge in [0, 0.05) is 18.0 Å². The van der Waals surface area contributed by atoms with Crippen LogP contribution in [0.15, 0.2) is 17.5 Å². The Kier molecular flexibility index (Phi) is 3.16. The third kappa shape index (κ3) is 2.08. The van der Waals surface area contributed by atoms with Gasteiger partial charge in [-0.1, -0.05) is 25.3 Å². The molecule has 1 saturated heterocycles. The summed E-state index contributed by atoms with van der Waals surface area (Å²) in [6.07, 6.45) is 6.59. The molecule has 2 heterocycles. The van der Waals surface area contributed by atoms with Crippen molar-refractivity contribution in [1.29, 1.82) is 0 Å². The number of hydrogen-bond donors (Lipinski definition) is 1. The molecular formula is C14H19NO2S. The zero-order chi connectivity index (χ0) is 12.6. The Labute approximate surface area is 111 Å². The summed E-state index contributed by atoms with van der Waals surface area (Å²) < 4.78 is 0. The number of rotatable bonds is 3. The van der Waals surface area contributed by atoms with Gasteiger partial charge >= 0.3 is 5.97 Å². The fourth-order valence-electron chi connectivity index (χ4n) is 3.52. The topological polar surface area (TPSA) is 40.5 Å². The van der Waals surface area contributed by atoms with E-state index in [1.54, 1.807) is 11.3 Å². The Balaban J connectivity index is 1.70. The third-order valence-electron chi connectivity index (χ3n) is 4.40. The highest BCUT2D eigenvalue weighted by Gasteiger charge is 2.47. The van der Waals surface area contributed by atoms with E-state index in [-0.39, 0.29) is 0 Å². The van der Waals surface area contributed by atoms with Crippen molar-refractivity contribution in [2.24, 2.45) is 5.41 Å². The van der Waals surface area contributed by atoms with Crippen LogP contribution < -0.4 is 0 Å². The van der Waals surface area contributed by atoms with Crippen molar-refractivity contribution < 1.29 is 9.90 Å². The Morgan fingerprint density at radius 1 is 1.33 bits per heavy atom.